The number of para-hydroxylation sites is 2. The minimum absolute atomic E-state index is 0.212. The van der Waals surface area contributed by atoms with Crippen LogP contribution in [0.15, 0.2) is 48.5 Å². The molecule has 2 heterocycles. The van der Waals surface area contributed by atoms with Crippen molar-refractivity contribution in [2.24, 2.45) is 7.05 Å². The fourth-order valence-corrected chi connectivity index (χ4v) is 4.01. The van der Waals surface area contributed by atoms with Crippen LogP contribution in [0.2, 0.25) is 0 Å². The molecule has 0 bridgehead atoms. The first-order chi connectivity index (χ1) is 14.1. The van der Waals surface area contributed by atoms with Crippen molar-refractivity contribution < 1.29 is 9.18 Å². The van der Waals surface area contributed by atoms with Crippen molar-refractivity contribution in [3.05, 3.63) is 77.1 Å². The van der Waals surface area contributed by atoms with Crippen LogP contribution in [-0.2, 0) is 26.4 Å². The van der Waals surface area contributed by atoms with E-state index < -0.39 is 0 Å². The molecule has 0 atom stereocenters. The molecule has 2 aromatic carbocycles. The van der Waals surface area contributed by atoms with E-state index in [0.29, 0.717) is 12.2 Å². The van der Waals surface area contributed by atoms with Gasteiger partial charge in [-0.2, -0.15) is 5.10 Å². The molecule has 1 N–H and O–H groups in total. The smallest absolute Gasteiger partial charge is 0.272 e. The second kappa shape index (κ2) is 6.84. The summed E-state index contributed by atoms with van der Waals surface area (Å²) in [4.78, 5) is 17.5. The lowest BCUT2D eigenvalue weighted by Crippen LogP contribution is -2.25. The summed E-state index contributed by atoms with van der Waals surface area (Å²) in [5.41, 5.74) is 5.15. The zero-order valence-electron chi connectivity index (χ0n) is 16.0. The van der Waals surface area contributed by atoms with E-state index in [1.165, 1.54) is 12.1 Å². The number of carbonyl (C=O) groups excluding carboxylic acids is 1. The van der Waals surface area contributed by atoms with E-state index in [9.17, 15) is 9.18 Å². The first kappa shape index (κ1) is 17.6. The minimum atomic E-state index is -0.294. The molecule has 6 nitrogen and oxygen atoms in total. The van der Waals surface area contributed by atoms with Crippen LogP contribution < -0.4 is 5.32 Å². The standard InChI is InChI=1S/C22H20FN5O/c1-27-19-7-3-2-6-17(19)25-20(27)13-24-22(29)21-16-5-4-8-18(16)28(26-21)15-11-9-14(23)10-12-15/h2-3,6-7,9-12H,4-5,8,13H2,1H3,(H,24,29). The summed E-state index contributed by atoms with van der Waals surface area (Å²) in [7, 11) is 1.94. The van der Waals surface area contributed by atoms with Gasteiger partial charge in [0.15, 0.2) is 5.69 Å². The maximum Gasteiger partial charge on any atom is 0.272 e. The molecule has 146 valence electrons. The van der Waals surface area contributed by atoms with Crippen molar-refractivity contribution in [2.45, 2.75) is 25.8 Å². The van der Waals surface area contributed by atoms with Crippen LogP contribution in [0.3, 0.4) is 0 Å². The molecule has 4 aromatic rings. The van der Waals surface area contributed by atoms with E-state index in [-0.39, 0.29) is 11.7 Å². The summed E-state index contributed by atoms with van der Waals surface area (Å²) in [5.74, 6) is 0.281. The molecule has 0 aliphatic heterocycles. The Hall–Kier alpha value is -3.48. The van der Waals surface area contributed by atoms with Gasteiger partial charge >= 0.3 is 0 Å². The van der Waals surface area contributed by atoms with E-state index in [4.69, 9.17) is 0 Å². The van der Waals surface area contributed by atoms with Crippen LogP contribution in [0.1, 0.15) is 34.0 Å². The van der Waals surface area contributed by atoms with E-state index >= 15 is 0 Å². The predicted molar refractivity (Wildman–Crippen MR) is 107 cm³/mol. The second-order valence-electron chi connectivity index (χ2n) is 7.27. The highest BCUT2D eigenvalue weighted by molar-refractivity contribution is 5.94. The molecule has 7 heteroatoms. The first-order valence-corrected chi connectivity index (χ1v) is 9.67. The lowest BCUT2D eigenvalue weighted by Gasteiger charge is -2.06. The summed E-state index contributed by atoms with van der Waals surface area (Å²) < 4.78 is 17.0. The number of rotatable bonds is 4. The number of hydrogen-bond acceptors (Lipinski definition) is 3. The van der Waals surface area contributed by atoms with Crippen molar-refractivity contribution in [1.82, 2.24) is 24.6 Å². The number of nitrogens with zero attached hydrogens (tertiary/aromatic N) is 4. The van der Waals surface area contributed by atoms with E-state index in [0.717, 1.165) is 53.1 Å². The Morgan fingerprint density at radius 1 is 1.14 bits per heavy atom. The molecule has 1 aliphatic rings. The predicted octanol–water partition coefficient (Wildman–Crippen LogP) is 3.32. The summed E-state index contributed by atoms with van der Waals surface area (Å²) in [6.07, 6.45) is 2.67. The molecule has 0 unspecified atom stereocenters. The van der Waals surface area contributed by atoms with Crippen LogP contribution in [0.25, 0.3) is 16.7 Å². The van der Waals surface area contributed by atoms with Crippen molar-refractivity contribution in [2.75, 3.05) is 0 Å². The van der Waals surface area contributed by atoms with Gasteiger partial charge in [0, 0.05) is 18.3 Å². The Bertz CT molecular complexity index is 1220. The third-order valence-electron chi connectivity index (χ3n) is 5.50. The number of imidazole rings is 1. The number of aromatic nitrogens is 4. The van der Waals surface area contributed by atoms with Gasteiger partial charge in [-0.05, 0) is 55.7 Å². The van der Waals surface area contributed by atoms with Gasteiger partial charge in [0.2, 0.25) is 0 Å². The Balaban J connectivity index is 1.42. The SMILES string of the molecule is Cn1c(CNC(=O)c2nn(-c3ccc(F)cc3)c3c2CCC3)nc2ccccc21. The quantitative estimate of drug-likeness (QED) is 0.582. The maximum absolute atomic E-state index is 13.3. The molecule has 0 radical (unpaired) electrons. The van der Waals surface area contributed by atoms with E-state index in [2.05, 4.69) is 15.4 Å². The van der Waals surface area contributed by atoms with Gasteiger partial charge in [-0.1, -0.05) is 12.1 Å². The second-order valence-corrected chi connectivity index (χ2v) is 7.27. The monoisotopic (exact) mass is 389 g/mol. The highest BCUT2D eigenvalue weighted by atomic mass is 19.1. The van der Waals surface area contributed by atoms with Gasteiger partial charge < -0.3 is 9.88 Å². The van der Waals surface area contributed by atoms with Crippen LogP contribution >= 0.6 is 0 Å². The van der Waals surface area contributed by atoms with Crippen molar-refractivity contribution in [3.63, 3.8) is 0 Å². The van der Waals surface area contributed by atoms with Crippen LogP contribution in [0.5, 0.6) is 0 Å². The fraction of sp³-hybridized carbons (Fsp3) is 0.227. The summed E-state index contributed by atoms with van der Waals surface area (Å²) in [6.45, 7) is 0.322. The fourth-order valence-electron chi connectivity index (χ4n) is 4.01. The van der Waals surface area contributed by atoms with E-state index in [1.54, 1.807) is 16.8 Å². The topological polar surface area (TPSA) is 64.7 Å². The van der Waals surface area contributed by atoms with Gasteiger partial charge in [0.05, 0.1) is 23.3 Å². The lowest BCUT2D eigenvalue weighted by molar-refractivity contribution is 0.0943. The van der Waals surface area contributed by atoms with Gasteiger partial charge in [0.1, 0.15) is 11.6 Å². The number of benzene rings is 2. The first-order valence-electron chi connectivity index (χ1n) is 9.67. The molecule has 2 aromatic heterocycles. The Labute approximate surface area is 167 Å². The van der Waals surface area contributed by atoms with E-state index in [1.807, 2.05) is 35.9 Å². The summed E-state index contributed by atoms with van der Waals surface area (Å²) >= 11 is 0. The maximum atomic E-state index is 13.3. The molecule has 0 fully saturated rings. The van der Waals surface area contributed by atoms with Crippen molar-refractivity contribution in [1.29, 1.82) is 0 Å². The number of aryl methyl sites for hydroxylation is 1. The molecule has 0 spiro atoms. The molecule has 5 rings (SSSR count). The molecule has 0 saturated carbocycles. The van der Waals surface area contributed by atoms with Gasteiger partial charge in [-0.15, -0.1) is 0 Å². The molecule has 1 amide bonds. The Kier molecular flexibility index (Phi) is 4.16. The molecule has 0 saturated heterocycles. The normalized spacial score (nSPS) is 13.0. The largest absolute Gasteiger partial charge is 0.343 e. The van der Waals surface area contributed by atoms with Crippen molar-refractivity contribution in [3.8, 4) is 5.69 Å². The Morgan fingerprint density at radius 2 is 1.93 bits per heavy atom. The number of amides is 1. The van der Waals surface area contributed by atoms with Gasteiger partial charge in [-0.3, -0.25) is 4.79 Å². The zero-order valence-corrected chi connectivity index (χ0v) is 16.0. The zero-order chi connectivity index (χ0) is 20.0. The molecular weight excluding hydrogens is 369 g/mol. The van der Waals surface area contributed by atoms with Gasteiger partial charge in [-0.25, -0.2) is 14.1 Å². The minimum Gasteiger partial charge on any atom is -0.343 e. The molecular formula is C22H20FN5O. The molecule has 29 heavy (non-hydrogen) atoms. The van der Waals surface area contributed by atoms with Crippen LogP contribution in [-0.4, -0.2) is 25.2 Å². The average Bonchev–Trinajstić information content (AvgIpc) is 3.42. The Morgan fingerprint density at radius 3 is 2.72 bits per heavy atom. The molecule has 1 aliphatic carbocycles. The number of halogens is 1. The third kappa shape index (κ3) is 2.99. The summed E-state index contributed by atoms with van der Waals surface area (Å²) in [5, 5.41) is 7.53. The summed E-state index contributed by atoms with van der Waals surface area (Å²) in [6, 6.07) is 14.1. The van der Waals surface area contributed by atoms with Crippen LogP contribution in [0.4, 0.5) is 4.39 Å². The number of nitrogens with one attached hydrogen (secondary N) is 1. The highest BCUT2D eigenvalue weighted by Gasteiger charge is 2.27. The average molecular weight is 389 g/mol. The van der Waals surface area contributed by atoms with Crippen molar-refractivity contribution >= 4 is 16.9 Å². The highest BCUT2D eigenvalue weighted by Crippen LogP contribution is 2.28. The van der Waals surface area contributed by atoms with Gasteiger partial charge in [0.25, 0.3) is 5.91 Å². The van der Waals surface area contributed by atoms with Crippen LogP contribution in [0, 0.1) is 5.82 Å². The number of carbonyl (C=O) groups is 1. The number of hydrogen-bond donors (Lipinski definition) is 1. The third-order valence-corrected chi connectivity index (χ3v) is 5.50. The number of fused-ring (bicyclic) bond motifs is 2. The lowest BCUT2D eigenvalue weighted by atomic mass is 10.2.